The minimum Gasteiger partial charge on any atom is -0.348 e. The normalized spacial score (nSPS) is 12.3. The van der Waals surface area contributed by atoms with Crippen LogP contribution in [0.25, 0.3) is 0 Å². The molecule has 0 spiro atoms. The average molecular weight is 249 g/mol. The molecule has 18 heavy (non-hydrogen) atoms. The van der Waals surface area contributed by atoms with Crippen LogP contribution in [-0.4, -0.2) is 31.1 Å². The first-order valence-corrected chi connectivity index (χ1v) is 5.56. The number of nitrogens with zero attached hydrogens (tertiary/aromatic N) is 4. The van der Waals surface area contributed by atoms with Crippen LogP contribution in [0.2, 0.25) is 0 Å². The Balaban J connectivity index is 1.88. The molecular weight excluding hydrogens is 234 g/mol. The molecule has 0 aliphatic heterocycles. The van der Waals surface area contributed by atoms with Crippen molar-refractivity contribution in [3.05, 3.63) is 29.8 Å². The van der Waals surface area contributed by atoms with Gasteiger partial charge in [-0.2, -0.15) is 5.10 Å². The number of hydrogen-bond acceptors (Lipinski definition) is 5. The van der Waals surface area contributed by atoms with Crippen LogP contribution in [0.15, 0.2) is 18.6 Å². The van der Waals surface area contributed by atoms with Crippen molar-refractivity contribution in [2.75, 3.05) is 0 Å². The number of rotatable bonds is 5. The Hall–Kier alpha value is -2.22. The second kappa shape index (κ2) is 5.41. The molecule has 2 aromatic heterocycles. The molecular formula is C10H15N7O. The quantitative estimate of drug-likeness (QED) is 0.650. The summed E-state index contributed by atoms with van der Waals surface area (Å²) < 4.78 is 1.46. The molecule has 0 aromatic carbocycles. The highest BCUT2D eigenvalue weighted by Gasteiger charge is 2.11. The van der Waals surface area contributed by atoms with Crippen molar-refractivity contribution in [1.29, 1.82) is 0 Å². The number of carbonyl (C=O) groups excluding carboxylic acids is 1. The molecule has 0 aliphatic carbocycles. The third-order valence-corrected chi connectivity index (χ3v) is 2.50. The van der Waals surface area contributed by atoms with Crippen molar-refractivity contribution >= 4 is 5.91 Å². The van der Waals surface area contributed by atoms with Gasteiger partial charge in [0.2, 0.25) is 5.91 Å². The van der Waals surface area contributed by atoms with Crippen molar-refractivity contribution in [3.8, 4) is 0 Å². The molecule has 8 nitrogen and oxygen atoms in total. The van der Waals surface area contributed by atoms with Gasteiger partial charge in [-0.15, -0.1) is 5.10 Å². The second-order valence-electron chi connectivity index (χ2n) is 3.93. The molecule has 1 unspecified atom stereocenters. The lowest BCUT2D eigenvalue weighted by Gasteiger charge is -2.11. The van der Waals surface area contributed by atoms with E-state index in [1.165, 1.54) is 4.68 Å². The van der Waals surface area contributed by atoms with Crippen LogP contribution in [-0.2, 0) is 17.9 Å². The maximum Gasteiger partial charge on any atom is 0.242 e. The molecule has 1 atom stereocenters. The van der Waals surface area contributed by atoms with Gasteiger partial charge >= 0.3 is 0 Å². The molecule has 0 aliphatic rings. The maximum absolute atomic E-state index is 11.8. The average Bonchev–Trinajstić information content (AvgIpc) is 2.98. The van der Waals surface area contributed by atoms with Crippen molar-refractivity contribution in [2.24, 2.45) is 5.73 Å². The first-order chi connectivity index (χ1) is 8.69. The highest BCUT2D eigenvalue weighted by molar-refractivity contribution is 5.76. The predicted octanol–water partition coefficient (Wildman–Crippen LogP) is -0.663. The lowest BCUT2D eigenvalue weighted by Crippen LogP contribution is -2.30. The van der Waals surface area contributed by atoms with Crippen LogP contribution in [0, 0.1) is 0 Å². The summed E-state index contributed by atoms with van der Waals surface area (Å²) >= 11 is 0. The van der Waals surface area contributed by atoms with E-state index in [1.807, 2.05) is 6.92 Å². The van der Waals surface area contributed by atoms with Gasteiger partial charge in [0, 0.05) is 18.3 Å². The fourth-order valence-electron chi connectivity index (χ4n) is 1.52. The van der Waals surface area contributed by atoms with E-state index >= 15 is 0 Å². The van der Waals surface area contributed by atoms with Gasteiger partial charge in [0.1, 0.15) is 6.54 Å². The number of nitrogens with one attached hydrogen (secondary N) is 2. The Labute approximate surface area is 104 Å². The van der Waals surface area contributed by atoms with E-state index in [0.717, 1.165) is 5.56 Å². The zero-order valence-electron chi connectivity index (χ0n) is 10.00. The zero-order valence-corrected chi connectivity index (χ0v) is 10.00. The van der Waals surface area contributed by atoms with Gasteiger partial charge in [-0.3, -0.25) is 9.89 Å². The summed E-state index contributed by atoms with van der Waals surface area (Å²) in [5.41, 5.74) is 6.99. The standard InChI is InChI=1S/C10H15N7O/c1-7(8-3-12-13-4-8)14-10(18)6-17-5-9(2-11)15-16-17/h3-5,7H,2,6,11H2,1H3,(H,12,13)(H,14,18). The molecule has 2 rings (SSSR count). The number of hydrogen-bond donors (Lipinski definition) is 3. The van der Waals surface area contributed by atoms with Crippen LogP contribution in [0.1, 0.15) is 24.2 Å². The zero-order chi connectivity index (χ0) is 13.0. The summed E-state index contributed by atoms with van der Waals surface area (Å²) in [4.78, 5) is 11.8. The van der Waals surface area contributed by atoms with Crippen molar-refractivity contribution in [3.63, 3.8) is 0 Å². The van der Waals surface area contributed by atoms with Crippen molar-refractivity contribution < 1.29 is 4.79 Å². The van der Waals surface area contributed by atoms with E-state index in [0.29, 0.717) is 12.2 Å². The van der Waals surface area contributed by atoms with E-state index in [-0.39, 0.29) is 18.5 Å². The van der Waals surface area contributed by atoms with Gasteiger partial charge < -0.3 is 11.1 Å². The molecule has 1 amide bonds. The van der Waals surface area contributed by atoms with Crippen LogP contribution in [0.4, 0.5) is 0 Å². The third-order valence-electron chi connectivity index (χ3n) is 2.50. The number of aromatic nitrogens is 5. The second-order valence-corrected chi connectivity index (χ2v) is 3.93. The van der Waals surface area contributed by atoms with Crippen LogP contribution in [0.3, 0.4) is 0 Å². The third kappa shape index (κ3) is 2.92. The smallest absolute Gasteiger partial charge is 0.242 e. The molecule has 8 heteroatoms. The topological polar surface area (TPSA) is 115 Å². The van der Waals surface area contributed by atoms with Crippen LogP contribution >= 0.6 is 0 Å². The summed E-state index contributed by atoms with van der Waals surface area (Å²) in [6.45, 7) is 2.32. The van der Waals surface area contributed by atoms with Gasteiger partial charge in [-0.25, -0.2) is 4.68 Å². The Kier molecular flexibility index (Phi) is 3.68. The molecule has 0 bridgehead atoms. The predicted molar refractivity (Wildman–Crippen MR) is 63.1 cm³/mol. The highest BCUT2D eigenvalue weighted by atomic mass is 16.2. The van der Waals surface area contributed by atoms with Gasteiger partial charge in [0.25, 0.3) is 0 Å². The van der Waals surface area contributed by atoms with Crippen molar-refractivity contribution in [2.45, 2.75) is 26.1 Å². The van der Waals surface area contributed by atoms with Gasteiger partial charge in [0.15, 0.2) is 0 Å². The fourth-order valence-corrected chi connectivity index (χ4v) is 1.52. The monoisotopic (exact) mass is 249 g/mol. The van der Waals surface area contributed by atoms with Crippen LogP contribution in [0.5, 0.6) is 0 Å². The lowest BCUT2D eigenvalue weighted by molar-refractivity contribution is -0.122. The molecule has 0 fully saturated rings. The summed E-state index contributed by atoms with van der Waals surface area (Å²) in [6.07, 6.45) is 5.07. The first-order valence-electron chi connectivity index (χ1n) is 5.56. The van der Waals surface area contributed by atoms with E-state index in [1.54, 1.807) is 18.6 Å². The molecule has 2 aromatic rings. The van der Waals surface area contributed by atoms with Gasteiger partial charge in [-0.05, 0) is 6.92 Å². The Bertz CT molecular complexity index is 504. The Morgan fingerprint density at radius 2 is 2.50 bits per heavy atom. The van der Waals surface area contributed by atoms with Gasteiger partial charge in [-0.1, -0.05) is 5.21 Å². The molecule has 0 saturated carbocycles. The number of aromatic amines is 1. The van der Waals surface area contributed by atoms with E-state index in [9.17, 15) is 4.79 Å². The molecule has 0 saturated heterocycles. The van der Waals surface area contributed by atoms with Crippen molar-refractivity contribution in [1.82, 2.24) is 30.5 Å². The number of H-pyrrole nitrogens is 1. The SMILES string of the molecule is CC(NC(=O)Cn1cc(CN)nn1)c1cn[nH]c1. The fraction of sp³-hybridized carbons (Fsp3) is 0.400. The number of carbonyl (C=O) groups is 1. The molecule has 2 heterocycles. The van der Waals surface area contributed by atoms with Crippen LogP contribution < -0.4 is 11.1 Å². The minimum absolute atomic E-state index is 0.103. The lowest BCUT2D eigenvalue weighted by atomic mass is 10.2. The number of nitrogens with two attached hydrogens (primary N) is 1. The molecule has 0 radical (unpaired) electrons. The van der Waals surface area contributed by atoms with E-state index in [2.05, 4.69) is 25.8 Å². The number of amides is 1. The largest absolute Gasteiger partial charge is 0.348 e. The van der Waals surface area contributed by atoms with E-state index in [4.69, 9.17) is 5.73 Å². The van der Waals surface area contributed by atoms with E-state index < -0.39 is 0 Å². The first kappa shape index (κ1) is 12.2. The molecule has 4 N–H and O–H groups in total. The van der Waals surface area contributed by atoms with Gasteiger partial charge in [0.05, 0.1) is 24.1 Å². The summed E-state index contributed by atoms with van der Waals surface area (Å²) in [5, 5.41) is 17.0. The molecule has 96 valence electrons. The Morgan fingerprint density at radius 1 is 1.67 bits per heavy atom. The summed E-state index contributed by atoms with van der Waals surface area (Å²) in [7, 11) is 0. The highest BCUT2D eigenvalue weighted by Crippen LogP contribution is 2.08. The summed E-state index contributed by atoms with van der Waals surface area (Å²) in [6, 6.07) is -0.103. The summed E-state index contributed by atoms with van der Waals surface area (Å²) in [5.74, 6) is -0.142. The minimum atomic E-state index is -0.142. The maximum atomic E-state index is 11.8. The Morgan fingerprint density at radius 3 is 3.11 bits per heavy atom.